The first kappa shape index (κ1) is 22.5. The van der Waals surface area contributed by atoms with Crippen molar-refractivity contribution in [2.24, 2.45) is 0 Å². The van der Waals surface area contributed by atoms with Gasteiger partial charge in [0.05, 0.1) is 6.42 Å². The van der Waals surface area contributed by atoms with Crippen LogP contribution in [0.25, 0.3) is 0 Å². The van der Waals surface area contributed by atoms with Crippen molar-refractivity contribution >= 4 is 46.6 Å². The Kier molecular flexibility index (Phi) is 8.17. The minimum atomic E-state index is -0.669. The summed E-state index contributed by atoms with van der Waals surface area (Å²) in [5.41, 5.74) is 1.42. The second-order valence-corrected chi connectivity index (χ2v) is 8.12. The Balaban J connectivity index is 2.29. The largest absolute Gasteiger partial charge is 0.352 e. The van der Waals surface area contributed by atoms with Gasteiger partial charge in [-0.2, -0.15) is 0 Å². The van der Waals surface area contributed by atoms with Crippen LogP contribution in [0.1, 0.15) is 31.9 Å². The number of halogens is 3. The van der Waals surface area contributed by atoms with E-state index in [2.05, 4.69) is 5.32 Å². The number of amides is 2. The van der Waals surface area contributed by atoms with Gasteiger partial charge >= 0.3 is 0 Å². The minimum absolute atomic E-state index is 0.0297. The molecule has 0 saturated heterocycles. The number of rotatable bonds is 7. The molecule has 0 aliphatic heterocycles. The van der Waals surface area contributed by atoms with Gasteiger partial charge in [0.2, 0.25) is 11.8 Å². The zero-order valence-corrected chi connectivity index (χ0v) is 18.3. The van der Waals surface area contributed by atoms with Crippen LogP contribution in [0, 0.1) is 0 Å². The molecule has 2 aromatic rings. The molecule has 2 aromatic carbocycles. The van der Waals surface area contributed by atoms with E-state index in [1.807, 2.05) is 32.0 Å². The number of nitrogens with zero attached hydrogens (tertiary/aromatic N) is 1. The normalized spacial score (nSPS) is 12.0. The van der Waals surface area contributed by atoms with Gasteiger partial charge in [0.15, 0.2) is 0 Å². The second-order valence-electron chi connectivity index (χ2n) is 6.86. The van der Waals surface area contributed by atoms with Crippen molar-refractivity contribution < 1.29 is 9.59 Å². The van der Waals surface area contributed by atoms with Gasteiger partial charge in [-0.1, -0.05) is 59.1 Å². The van der Waals surface area contributed by atoms with Crippen molar-refractivity contribution in [3.8, 4) is 0 Å². The predicted octanol–water partition coefficient (Wildman–Crippen LogP) is 5.13. The number of hydrogen-bond donors (Lipinski definition) is 1. The summed E-state index contributed by atoms with van der Waals surface area (Å²) in [7, 11) is 0. The maximum absolute atomic E-state index is 13.1. The molecule has 7 heteroatoms. The van der Waals surface area contributed by atoms with Gasteiger partial charge < -0.3 is 10.2 Å². The van der Waals surface area contributed by atoms with E-state index in [4.69, 9.17) is 34.8 Å². The third-order valence-corrected chi connectivity index (χ3v) is 5.21. The van der Waals surface area contributed by atoms with Crippen LogP contribution in [0.5, 0.6) is 0 Å². The fourth-order valence-electron chi connectivity index (χ4n) is 2.73. The lowest BCUT2D eigenvalue weighted by atomic mass is 10.1. The Bertz CT molecular complexity index is 855. The summed E-state index contributed by atoms with van der Waals surface area (Å²) in [6.45, 7) is 5.67. The van der Waals surface area contributed by atoms with Crippen LogP contribution in [0.15, 0.2) is 42.5 Å². The Morgan fingerprint density at radius 3 is 2.25 bits per heavy atom. The number of carbonyl (C=O) groups excluding carboxylic acids is 2. The van der Waals surface area contributed by atoms with Gasteiger partial charge in [-0.15, -0.1) is 0 Å². The van der Waals surface area contributed by atoms with Crippen LogP contribution in [0.4, 0.5) is 0 Å². The molecule has 0 spiro atoms. The fourth-order valence-corrected chi connectivity index (χ4v) is 3.40. The van der Waals surface area contributed by atoms with Gasteiger partial charge in [-0.3, -0.25) is 9.59 Å². The molecule has 2 rings (SSSR count). The van der Waals surface area contributed by atoms with Gasteiger partial charge in [-0.25, -0.2) is 0 Å². The molecule has 0 radical (unpaired) electrons. The number of hydrogen-bond acceptors (Lipinski definition) is 2. The van der Waals surface area contributed by atoms with Crippen molar-refractivity contribution in [2.45, 2.75) is 45.8 Å². The average Bonchev–Trinajstić information content (AvgIpc) is 2.62. The molecule has 0 saturated carbocycles. The van der Waals surface area contributed by atoms with Crippen molar-refractivity contribution in [1.29, 1.82) is 0 Å². The molecule has 0 bridgehead atoms. The third kappa shape index (κ3) is 6.13. The van der Waals surface area contributed by atoms with Crippen LogP contribution >= 0.6 is 34.8 Å². The topological polar surface area (TPSA) is 49.4 Å². The molecule has 0 aromatic heterocycles. The van der Waals surface area contributed by atoms with Gasteiger partial charge in [0, 0.05) is 27.7 Å². The van der Waals surface area contributed by atoms with Crippen molar-refractivity contribution in [2.75, 3.05) is 0 Å². The Morgan fingerprint density at radius 2 is 1.64 bits per heavy atom. The SMILES string of the molecule is CC(C)NC(=O)[C@H](C)N(Cc1ccccc1Cl)C(=O)Cc1ccc(Cl)cc1Cl. The van der Waals surface area contributed by atoms with Crippen molar-refractivity contribution in [3.63, 3.8) is 0 Å². The third-order valence-electron chi connectivity index (χ3n) is 4.25. The van der Waals surface area contributed by atoms with Crippen LogP contribution in [-0.2, 0) is 22.6 Å². The highest BCUT2D eigenvalue weighted by Gasteiger charge is 2.27. The Hall–Kier alpha value is -1.75. The molecule has 0 aliphatic rings. The number of carbonyl (C=O) groups is 2. The molecule has 4 nitrogen and oxygen atoms in total. The molecule has 2 amide bonds. The monoisotopic (exact) mass is 440 g/mol. The van der Waals surface area contributed by atoms with E-state index >= 15 is 0 Å². The summed E-state index contributed by atoms with van der Waals surface area (Å²) in [6.07, 6.45) is 0.0553. The molecular weight excluding hydrogens is 419 g/mol. The van der Waals surface area contributed by atoms with E-state index in [0.717, 1.165) is 5.56 Å². The first-order chi connectivity index (χ1) is 13.2. The zero-order chi connectivity index (χ0) is 20.8. The molecule has 28 heavy (non-hydrogen) atoms. The Labute approximate surface area is 180 Å². The molecule has 0 unspecified atom stereocenters. The number of nitrogens with one attached hydrogen (secondary N) is 1. The molecule has 0 aliphatic carbocycles. The molecular formula is C21H23Cl3N2O2. The first-order valence-corrected chi connectivity index (χ1v) is 10.1. The zero-order valence-electron chi connectivity index (χ0n) is 16.0. The quantitative estimate of drug-likeness (QED) is 0.647. The van der Waals surface area contributed by atoms with E-state index in [1.165, 1.54) is 4.90 Å². The lowest BCUT2D eigenvalue weighted by Crippen LogP contribution is -2.49. The lowest BCUT2D eigenvalue weighted by Gasteiger charge is -2.30. The highest BCUT2D eigenvalue weighted by atomic mass is 35.5. The van der Waals surface area contributed by atoms with E-state index in [0.29, 0.717) is 20.6 Å². The smallest absolute Gasteiger partial charge is 0.242 e. The highest BCUT2D eigenvalue weighted by molar-refractivity contribution is 6.35. The first-order valence-electron chi connectivity index (χ1n) is 8.96. The summed E-state index contributed by atoms with van der Waals surface area (Å²) in [4.78, 5) is 27.2. The van der Waals surface area contributed by atoms with Gasteiger partial charge in [0.1, 0.15) is 6.04 Å². The highest BCUT2D eigenvalue weighted by Crippen LogP contribution is 2.24. The lowest BCUT2D eigenvalue weighted by molar-refractivity contribution is -0.140. The standard InChI is InChI=1S/C21H23Cl3N2O2/c1-13(2)25-21(28)14(3)26(12-16-6-4-5-7-18(16)23)20(27)10-15-8-9-17(22)11-19(15)24/h4-9,11,13-14H,10,12H2,1-3H3,(H,25,28)/t14-/m0/s1. The maximum Gasteiger partial charge on any atom is 0.242 e. The van der Waals surface area contributed by atoms with E-state index < -0.39 is 6.04 Å². The van der Waals surface area contributed by atoms with E-state index in [1.54, 1.807) is 31.2 Å². The van der Waals surface area contributed by atoms with Crippen LogP contribution in [0.2, 0.25) is 15.1 Å². The summed E-state index contributed by atoms with van der Waals surface area (Å²) < 4.78 is 0. The van der Waals surface area contributed by atoms with Crippen LogP contribution in [0.3, 0.4) is 0 Å². The molecule has 1 N–H and O–H groups in total. The predicted molar refractivity (Wildman–Crippen MR) is 115 cm³/mol. The number of benzene rings is 2. The van der Waals surface area contributed by atoms with Crippen LogP contribution in [-0.4, -0.2) is 28.8 Å². The fraction of sp³-hybridized carbons (Fsp3) is 0.333. The molecule has 1 atom stereocenters. The van der Waals surface area contributed by atoms with Gasteiger partial charge in [0.25, 0.3) is 0 Å². The Morgan fingerprint density at radius 1 is 0.964 bits per heavy atom. The minimum Gasteiger partial charge on any atom is -0.352 e. The average molecular weight is 442 g/mol. The van der Waals surface area contributed by atoms with Crippen molar-refractivity contribution in [3.05, 3.63) is 68.7 Å². The van der Waals surface area contributed by atoms with Gasteiger partial charge in [-0.05, 0) is 50.1 Å². The summed E-state index contributed by atoms with van der Waals surface area (Å²) in [6, 6.07) is 11.6. The van der Waals surface area contributed by atoms with E-state index in [-0.39, 0.29) is 30.8 Å². The van der Waals surface area contributed by atoms with Crippen molar-refractivity contribution in [1.82, 2.24) is 10.2 Å². The maximum atomic E-state index is 13.1. The molecule has 0 heterocycles. The van der Waals surface area contributed by atoms with E-state index in [9.17, 15) is 9.59 Å². The summed E-state index contributed by atoms with van der Waals surface area (Å²) in [5.74, 6) is -0.451. The molecule has 0 fully saturated rings. The van der Waals surface area contributed by atoms with Crippen LogP contribution < -0.4 is 5.32 Å². The second kappa shape index (κ2) is 10.1. The summed E-state index contributed by atoms with van der Waals surface area (Å²) in [5, 5.41) is 4.31. The summed E-state index contributed by atoms with van der Waals surface area (Å²) >= 11 is 18.4. The molecule has 150 valence electrons.